The molecule has 0 saturated heterocycles. The van der Waals surface area contributed by atoms with Gasteiger partial charge in [0, 0.05) is 24.4 Å². The second kappa shape index (κ2) is 6.08. The molecule has 0 aliphatic carbocycles. The van der Waals surface area contributed by atoms with E-state index in [0.717, 1.165) is 16.6 Å². The minimum Gasteiger partial charge on any atom is -0.436 e. The first kappa shape index (κ1) is 14.3. The van der Waals surface area contributed by atoms with Crippen LogP contribution < -0.4 is 0 Å². The monoisotopic (exact) mass is 314 g/mol. The lowest BCUT2D eigenvalue weighted by Crippen LogP contribution is -2.02. The summed E-state index contributed by atoms with van der Waals surface area (Å²) in [6, 6.07) is 18.7. The number of carbonyl (C=O) groups is 1. The predicted molar refractivity (Wildman–Crippen MR) is 91.7 cm³/mol. The molecule has 0 bridgehead atoms. The summed E-state index contributed by atoms with van der Waals surface area (Å²) in [5.41, 5.74) is 3.91. The standard InChI is InChI=1S/C20H14N2O2/c23-18(15-5-2-1-3-6-15)12-14-8-9-19-17(11-14)22-20(24-19)16-7-4-10-21-13-16/h1-11,13H,12H2. The fraction of sp³-hybridized carbons (Fsp3) is 0.0500. The largest absolute Gasteiger partial charge is 0.436 e. The van der Waals surface area contributed by atoms with Crippen LogP contribution in [0.2, 0.25) is 0 Å². The van der Waals surface area contributed by atoms with Crippen molar-refractivity contribution >= 4 is 16.9 Å². The third kappa shape index (κ3) is 2.82. The Morgan fingerprint density at radius 3 is 2.67 bits per heavy atom. The Hall–Kier alpha value is -3.27. The third-order valence-electron chi connectivity index (χ3n) is 3.82. The van der Waals surface area contributed by atoms with Crippen molar-refractivity contribution in [1.82, 2.24) is 9.97 Å². The number of pyridine rings is 1. The Labute approximate surface area is 138 Å². The highest BCUT2D eigenvalue weighted by molar-refractivity contribution is 5.97. The summed E-state index contributed by atoms with van der Waals surface area (Å²) >= 11 is 0. The second-order valence-corrected chi connectivity index (χ2v) is 5.53. The maximum absolute atomic E-state index is 12.3. The molecular formula is C20H14N2O2. The highest BCUT2D eigenvalue weighted by Crippen LogP contribution is 2.24. The molecule has 4 nitrogen and oxygen atoms in total. The first-order chi connectivity index (χ1) is 11.8. The number of nitrogens with zero attached hydrogens (tertiary/aromatic N) is 2. The summed E-state index contributed by atoms with van der Waals surface area (Å²) in [5, 5.41) is 0. The number of rotatable bonds is 4. The zero-order valence-corrected chi connectivity index (χ0v) is 12.8. The molecule has 0 unspecified atom stereocenters. The number of aromatic nitrogens is 2. The van der Waals surface area contributed by atoms with E-state index < -0.39 is 0 Å². The third-order valence-corrected chi connectivity index (χ3v) is 3.82. The van der Waals surface area contributed by atoms with Crippen LogP contribution in [0.5, 0.6) is 0 Å². The summed E-state index contributed by atoms with van der Waals surface area (Å²) in [5.74, 6) is 0.621. The molecule has 4 aromatic rings. The molecule has 0 fully saturated rings. The van der Waals surface area contributed by atoms with E-state index in [-0.39, 0.29) is 5.78 Å². The average Bonchev–Trinajstić information content (AvgIpc) is 3.06. The molecule has 0 saturated carbocycles. The van der Waals surface area contributed by atoms with Crippen LogP contribution in [0.3, 0.4) is 0 Å². The van der Waals surface area contributed by atoms with Gasteiger partial charge in [-0.2, -0.15) is 0 Å². The number of benzene rings is 2. The summed E-state index contributed by atoms with van der Waals surface area (Å²) in [7, 11) is 0. The Morgan fingerprint density at radius 2 is 1.88 bits per heavy atom. The molecule has 0 N–H and O–H groups in total. The highest BCUT2D eigenvalue weighted by atomic mass is 16.3. The summed E-state index contributed by atoms with van der Waals surface area (Å²) in [4.78, 5) is 20.9. The van der Waals surface area contributed by atoms with Crippen molar-refractivity contribution in [1.29, 1.82) is 0 Å². The Bertz CT molecular complexity index is 992. The van der Waals surface area contributed by atoms with Crippen molar-refractivity contribution in [3.05, 3.63) is 84.2 Å². The lowest BCUT2D eigenvalue weighted by Gasteiger charge is -2.01. The molecule has 2 heterocycles. The average molecular weight is 314 g/mol. The Kier molecular flexibility index (Phi) is 3.63. The smallest absolute Gasteiger partial charge is 0.228 e. The molecule has 116 valence electrons. The lowest BCUT2D eigenvalue weighted by molar-refractivity contribution is 0.0993. The van der Waals surface area contributed by atoms with Crippen molar-refractivity contribution in [2.24, 2.45) is 0 Å². The number of Topliss-reactive ketones (excluding diaryl/α,β-unsaturated/α-hetero) is 1. The highest BCUT2D eigenvalue weighted by Gasteiger charge is 2.11. The minimum atomic E-state index is 0.0888. The van der Waals surface area contributed by atoms with E-state index >= 15 is 0 Å². The van der Waals surface area contributed by atoms with E-state index in [2.05, 4.69) is 9.97 Å². The maximum Gasteiger partial charge on any atom is 0.228 e. The number of hydrogen-bond donors (Lipinski definition) is 0. The molecule has 0 aliphatic heterocycles. The molecule has 24 heavy (non-hydrogen) atoms. The number of oxazole rings is 1. The normalized spacial score (nSPS) is 10.8. The van der Waals surface area contributed by atoms with Gasteiger partial charge in [-0.25, -0.2) is 4.98 Å². The summed E-state index contributed by atoms with van der Waals surface area (Å²) in [6.07, 6.45) is 3.76. The quantitative estimate of drug-likeness (QED) is 0.527. The second-order valence-electron chi connectivity index (χ2n) is 5.53. The number of hydrogen-bond acceptors (Lipinski definition) is 4. The molecule has 4 rings (SSSR count). The van der Waals surface area contributed by atoms with Crippen LogP contribution in [0.4, 0.5) is 0 Å². The van der Waals surface area contributed by atoms with Gasteiger partial charge in [0.15, 0.2) is 11.4 Å². The van der Waals surface area contributed by atoms with E-state index in [9.17, 15) is 4.79 Å². The zero-order chi connectivity index (χ0) is 16.4. The Balaban J connectivity index is 1.63. The molecule has 2 aromatic carbocycles. The van der Waals surface area contributed by atoms with Crippen LogP contribution >= 0.6 is 0 Å². The molecule has 0 atom stereocenters. The molecule has 2 aromatic heterocycles. The van der Waals surface area contributed by atoms with E-state index in [1.807, 2.05) is 60.7 Å². The number of ketones is 1. The SMILES string of the molecule is O=C(Cc1ccc2oc(-c3cccnc3)nc2c1)c1ccccc1. The van der Waals surface area contributed by atoms with Crippen molar-refractivity contribution in [3.8, 4) is 11.5 Å². The van der Waals surface area contributed by atoms with E-state index in [1.165, 1.54) is 0 Å². The summed E-state index contributed by atoms with van der Waals surface area (Å²) < 4.78 is 5.76. The van der Waals surface area contributed by atoms with E-state index in [1.54, 1.807) is 12.4 Å². The van der Waals surface area contributed by atoms with E-state index in [0.29, 0.717) is 23.5 Å². The molecule has 0 spiro atoms. The molecule has 0 radical (unpaired) electrons. The number of fused-ring (bicyclic) bond motifs is 1. The first-order valence-electron chi connectivity index (χ1n) is 7.68. The van der Waals surface area contributed by atoms with Gasteiger partial charge in [0.1, 0.15) is 5.52 Å². The molecule has 0 aliphatic rings. The van der Waals surface area contributed by atoms with Gasteiger partial charge in [-0.3, -0.25) is 9.78 Å². The van der Waals surface area contributed by atoms with Gasteiger partial charge < -0.3 is 4.42 Å². The Morgan fingerprint density at radius 1 is 1.00 bits per heavy atom. The molecular weight excluding hydrogens is 300 g/mol. The lowest BCUT2D eigenvalue weighted by atomic mass is 10.0. The van der Waals surface area contributed by atoms with Gasteiger partial charge in [-0.1, -0.05) is 36.4 Å². The van der Waals surface area contributed by atoms with Gasteiger partial charge in [0.25, 0.3) is 0 Å². The van der Waals surface area contributed by atoms with Crippen LogP contribution in [-0.4, -0.2) is 15.8 Å². The van der Waals surface area contributed by atoms with Gasteiger partial charge >= 0.3 is 0 Å². The predicted octanol–water partition coefficient (Wildman–Crippen LogP) is 4.32. The topological polar surface area (TPSA) is 56.0 Å². The molecule has 4 heteroatoms. The van der Waals surface area contributed by atoms with Gasteiger partial charge in [-0.15, -0.1) is 0 Å². The summed E-state index contributed by atoms with van der Waals surface area (Å²) in [6.45, 7) is 0. The number of carbonyl (C=O) groups excluding carboxylic acids is 1. The van der Waals surface area contributed by atoms with Gasteiger partial charge in [0.2, 0.25) is 5.89 Å². The van der Waals surface area contributed by atoms with Crippen LogP contribution in [0, 0.1) is 0 Å². The van der Waals surface area contributed by atoms with Crippen molar-refractivity contribution in [3.63, 3.8) is 0 Å². The van der Waals surface area contributed by atoms with Crippen molar-refractivity contribution < 1.29 is 9.21 Å². The first-order valence-corrected chi connectivity index (χ1v) is 7.68. The van der Waals surface area contributed by atoms with Gasteiger partial charge in [-0.05, 0) is 29.8 Å². The van der Waals surface area contributed by atoms with Crippen molar-refractivity contribution in [2.45, 2.75) is 6.42 Å². The van der Waals surface area contributed by atoms with Crippen LogP contribution in [-0.2, 0) is 6.42 Å². The van der Waals surface area contributed by atoms with Crippen molar-refractivity contribution in [2.75, 3.05) is 0 Å². The molecule has 0 amide bonds. The fourth-order valence-corrected chi connectivity index (χ4v) is 2.61. The van der Waals surface area contributed by atoms with Gasteiger partial charge in [0.05, 0.1) is 5.56 Å². The minimum absolute atomic E-state index is 0.0888. The zero-order valence-electron chi connectivity index (χ0n) is 12.8. The van der Waals surface area contributed by atoms with Crippen LogP contribution in [0.1, 0.15) is 15.9 Å². The van der Waals surface area contributed by atoms with Crippen LogP contribution in [0.15, 0.2) is 77.5 Å². The van der Waals surface area contributed by atoms with Crippen LogP contribution in [0.25, 0.3) is 22.6 Å². The maximum atomic E-state index is 12.3. The van der Waals surface area contributed by atoms with E-state index in [4.69, 9.17) is 4.42 Å². The fourth-order valence-electron chi connectivity index (χ4n) is 2.61.